The first-order chi connectivity index (χ1) is 11.3. The molecule has 0 aliphatic heterocycles. The molecule has 0 bridgehead atoms. The fraction of sp³-hybridized carbons (Fsp3) is 0.353. The van der Waals surface area contributed by atoms with Crippen molar-refractivity contribution in [1.82, 2.24) is 14.7 Å². The Kier molecular flexibility index (Phi) is 5.33. The van der Waals surface area contributed by atoms with E-state index < -0.39 is 11.9 Å². The number of benzene rings is 1. The summed E-state index contributed by atoms with van der Waals surface area (Å²) >= 11 is 0. The van der Waals surface area contributed by atoms with Crippen molar-refractivity contribution in [1.29, 1.82) is 0 Å². The van der Waals surface area contributed by atoms with Crippen LogP contribution in [0.15, 0.2) is 30.5 Å². The fourth-order valence-corrected chi connectivity index (χ4v) is 2.33. The maximum absolute atomic E-state index is 13.0. The third kappa shape index (κ3) is 3.79. The van der Waals surface area contributed by atoms with Crippen LogP contribution in [0.3, 0.4) is 0 Å². The molecule has 7 heteroatoms. The van der Waals surface area contributed by atoms with Crippen LogP contribution < -0.4 is 0 Å². The van der Waals surface area contributed by atoms with E-state index in [0.717, 1.165) is 0 Å². The lowest BCUT2D eigenvalue weighted by molar-refractivity contribution is -0.138. The number of carbonyl (C=O) groups excluding carboxylic acids is 1. The summed E-state index contributed by atoms with van der Waals surface area (Å²) in [6, 6.07) is 5.51. The molecule has 1 atom stereocenters. The summed E-state index contributed by atoms with van der Waals surface area (Å²) in [4.78, 5) is 25.1. The third-order valence-electron chi connectivity index (χ3n) is 3.88. The first kappa shape index (κ1) is 17.7. The molecule has 2 aromatic rings. The molecule has 24 heavy (non-hydrogen) atoms. The average molecular weight is 333 g/mol. The van der Waals surface area contributed by atoms with Crippen molar-refractivity contribution >= 4 is 11.9 Å². The molecule has 1 heterocycles. The molecule has 1 unspecified atom stereocenters. The highest BCUT2D eigenvalue weighted by molar-refractivity contribution is 5.95. The highest BCUT2D eigenvalue weighted by atomic mass is 19.1. The molecule has 0 saturated carbocycles. The normalized spacial score (nSPS) is 12.0. The Morgan fingerprint density at radius 2 is 1.96 bits per heavy atom. The lowest BCUT2D eigenvalue weighted by atomic mass is 10.1. The van der Waals surface area contributed by atoms with E-state index in [-0.39, 0.29) is 24.1 Å². The first-order valence-electron chi connectivity index (χ1n) is 7.68. The molecule has 1 N–H and O–H groups in total. The van der Waals surface area contributed by atoms with Gasteiger partial charge in [-0.1, -0.05) is 6.92 Å². The number of carboxylic acid groups (broad SMARTS) is 1. The van der Waals surface area contributed by atoms with Gasteiger partial charge >= 0.3 is 5.97 Å². The molecule has 128 valence electrons. The van der Waals surface area contributed by atoms with Crippen molar-refractivity contribution in [3.63, 3.8) is 0 Å². The van der Waals surface area contributed by atoms with Crippen LogP contribution in [0, 0.1) is 12.7 Å². The second kappa shape index (κ2) is 7.25. The Balaban J connectivity index is 2.35. The number of hydrogen-bond donors (Lipinski definition) is 1. The summed E-state index contributed by atoms with van der Waals surface area (Å²) in [6.07, 6.45) is 2.30. The molecular formula is C17H20FN3O3. The standard InChI is InChI=1S/C17H20FN3O3/c1-4-12(3)20(10-15(22)23)17(24)16-11(2)9-21(19-16)14-7-5-13(18)6-8-14/h5-9,12H,4,10H2,1-3H3,(H,22,23). The number of carboxylic acids is 1. The van der Waals surface area contributed by atoms with E-state index in [1.807, 2.05) is 6.92 Å². The number of halogens is 1. The number of carbonyl (C=O) groups is 2. The molecule has 6 nitrogen and oxygen atoms in total. The van der Waals surface area contributed by atoms with Gasteiger partial charge in [0.25, 0.3) is 5.91 Å². The molecule has 2 rings (SSSR count). The average Bonchev–Trinajstić information content (AvgIpc) is 2.93. The van der Waals surface area contributed by atoms with E-state index in [1.165, 1.54) is 21.7 Å². The van der Waals surface area contributed by atoms with Gasteiger partial charge in [0.2, 0.25) is 0 Å². The molecule has 0 spiro atoms. The van der Waals surface area contributed by atoms with Crippen LogP contribution >= 0.6 is 0 Å². The summed E-state index contributed by atoms with van der Waals surface area (Å²) < 4.78 is 14.5. The van der Waals surface area contributed by atoms with Crippen LogP contribution in [0.4, 0.5) is 4.39 Å². The minimum atomic E-state index is -1.07. The highest BCUT2D eigenvalue weighted by Gasteiger charge is 2.26. The van der Waals surface area contributed by atoms with Crippen LogP contribution in [-0.4, -0.2) is 44.3 Å². The zero-order valence-electron chi connectivity index (χ0n) is 13.9. The monoisotopic (exact) mass is 333 g/mol. The molecule has 0 aliphatic carbocycles. The molecule has 0 aliphatic rings. The smallest absolute Gasteiger partial charge is 0.323 e. The quantitative estimate of drug-likeness (QED) is 0.882. The van der Waals surface area contributed by atoms with Crippen molar-refractivity contribution in [3.8, 4) is 5.69 Å². The Bertz CT molecular complexity index is 740. The lowest BCUT2D eigenvalue weighted by Gasteiger charge is -2.26. The number of aromatic nitrogens is 2. The number of rotatable bonds is 6. The van der Waals surface area contributed by atoms with E-state index in [4.69, 9.17) is 5.11 Å². The van der Waals surface area contributed by atoms with Gasteiger partial charge in [0.15, 0.2) is 5.69 Å². The zero-order chi connectivity index (χ0) is 17.9. The van der Waals surface area contributed by atoms with Gasteiger partial charge < -0.3 is 10.0 Å². The van der Waals surface area contributed by atoms with Crippen molar-refractivity contribution in [2.45, 2.75) is 33.2 Å². The van der Waals surface area contributed by atoms with Crippen LogP contribution in [0.25, 0.3) is 5.69 Å². The van der Waals surface area contributed by atoms with E-state index >= 15 is 0 Å². The van der Waals surface area contributed by atoms with E-state index in [1.54, 1.807) is 32.2 Å². The lowest BCUT2D eigenvalue weighted by Crippen LogP contribution is -2.42. The van der Waals surface area contributed by atoms with Crippen LogP contribution in [0.2, 0.25) is 0 Å². The van der Waals surface area contributed by atoms with Crippen molar-refractivity contribution in [2.75, 3.05) is 6.54 Å². The van der Waals surface area contributed by atoms with E-state index in [9.17, 15) is 14.0 Å². The number of aliphatic carboxylic acids is 1. The largest absolute Gasteiger partial charge is 0.480 e. The number of hydrogen-bond acceptors (Lipinski definition) is 3. The van der Waals surface area contributed by atoms with Gasteiger partial charge in [-0.05, 0) is 44.5 Å². The van der Waals surface area contributed by atoms with E-state index in [0.29, 0.717) is 17.7 Å². The molecule has 1 aromatic heterocycles. The van der Waals surface area contributed by atoms with Gasteiger partial charge in [0.05, 0.1) is 5.69 Å². The minimum Gasteiger partial charge on any atom is -0.480 e. The van der Waals surface area contributed by atoms with Gasteiger partial charge in [-0.3, -0.25) is 9.59 Å². The van der Waals surface area contributed by atoms with Gasteiger partial charge in [-0.2, -0.15) is 5.10 Å². The van der Waals surface area contributed by atoms with Gasteiger partial charge in [-0.25, -0.2) is 9.07 Å². The van der Waals surface area contributed by atoms with E-state index in [2.05, 4.69) is 5.10 Å². The Labute approximate surface area is 139 Å². The third-order valence-corrected chi connectivity index (χ3v) is 3.88. The Morgan fingerprint density at radius 3 is 2.50 bits per heavy atom. The van der Waals surface area contributed by atoms with Gasteiger partial charge in [-0.15, -0.1) is 0 Å². The van der Waals surface area contributed by atoms with Gasteiger partial charge in [0.1, 0.15) is 12.4 Å². The van der Waals surface area contributed by atoms with Crippen LogP contribution in [-0.2, 0) is 4.79 Å². The summed E-state index contributed by atoms with van der Waals surface area (Å²) in [5, 5.41) is 13.3. The fourth-order valence-electron chi connectivity index (χ4n) is 2.33. The zero-order valence-corrected chi connectivity index (χ0v) is 13.9. The Hall–Kier alpha value is -2.70. The molecular weight excluding hydrogens is 313 g/mol. The van der Waals surface area contributed by atoms with Crippen molar-refractivity contribution in [2.24, 2.45) is 0 Å². The Morgan fingerprint density at radius 1 is 1.33 bits per heavy atom. The second-order valence-corrected chi connectivity index (χ2v) is 5.67. The number of nitrogens with zero attached hydrogens (tertiary/aromatic N) is 3. The number of amides is 1. The maximum atomic E-state index is 13.0. The summed E-state index contributed by atoms with van der Waals surface area (Å²) in [7, 11) is 0. The molecule has 1 amide bonds. The predicted molar refractivity (Wildman–Crippen MR) is 86.7 cm³/mol. The highest BCUT2D eigenvalue weighted by Crippen LogP contribution is 2.16. The second-order valence-electron chi connectivity index (χ2n) is 5.67. The predicted octanol–water partition coefficient (Wildman–Crippen LogP) is 2.65. The van der Waals surface area contributed by atoms with Crippen molar-refractivity contribution < 1.29 is 19.1 Å². The first-order valence-corrected chi connectivity index (χ1v) is 7.68. The molecule has 0 fully saturated rings. The molecule has 0 radical (unpaired) electrons. The maximum Gasteiger partial charge on any atom is 0.323 e. The molecule has 0 saturated heterocycles. The van der Waals surface area contributed by atoms with Crippen molar-refractivity contribution in [3.05, 3.63) is 47.5 Å². The number of aryl methyl sites for hydroxylation is 1. The summed E-state index contributed by atoms with van der Waals surface area (Å²) in [6.45, 7) is 5.04. The summed E-state index contributed by atoms with van der Waals surface area (Å²) in [5.41, 5.74) is 1.44. The summed E-state index contributed by atoms with van der Waals surface area (Å²) in [5.74, 6) is -1.85. The molecule has 1 aromatic carbocycles. The van der Waals surface area contributed by atoms with Crippen LogP contribution in [0.1, 0.15) is 36.3 Å². The van der Waals surface area contributed by atoms with Crippen LogP contribution in [0.5, 0.6) is 0 Å². The SMILES string of the molecule is CCC(C)N(CC(=O)O)C(=O)c1nn(-c2ccc(F)cc2)cc1C. The van der Waals surface area contributed by atoms with Gasteiger partial charge in [0, 0.05) is 17.8 Å². The topological polar surface area (TPSA) is 75.4 Å². The minimum absolute atomic E-state index is 0.195.